The van der Waals surface area contributed by atoms with Crippen LogP contribution in [0.3, 0.4) is 0 Å². The molecule has 138 valence electrons. The van der Waals surface area contributed by atoms with Crippen LogP contribution in [0.5, 0.6) is 11.5 Å². The van der Waals surface area contributed by atoms with Gasteiger partial charge in [-0.05, 0) is 48.7 Å². The molecule has 0 atom stereocenters. The number of nitrogens with one attached hydrogen (secondary N) is 2. The van der Waals surface area contributed by atoms with Crippen LogP contribution in [0.1, 0.15) is 16.7 Å². The molecule has 0 aliphatic carbocycles. The van der Waals surface area contributed by atoms with E-state index in [1.165, 1.54) is 11.9 Å². The predicted octanol–water partition coefficient (Wildman–Crippen LogP) is 3.76. The highest BCUT2D eigenvalue weighted by Gasteiger charge is 2.14. The number of fused-ring (bicyclic) bond motifs is 1. The fraction of sp³-hybridized carbons (Fsp3) is 0.200. The Morgan fingerprint density at radius 2 is 1.85 bits per heavy atom. The van der Waals surface area contributed by atoms with Crippen molar-refractivity contribution in [2.45, 2.75) is 20.4 Å². The minimum atomic E-state index is 0.262. The van der Waals surface area contributed by atoms with Crippen molar-refractivity contribution in [3.05, 3.63) is 59.4 Å². The second-order valence-electron chi connectivity index (χ2n) is 6.40. The Balaban J connectivity index is 1.51. The number of aromatic nitrogens is 2. The fourth-order valence-corrected chi connectivity index (χ4v) is 2.89. The lowest BCUT2D eigenvalue weighted by Crippen LogP contribution is -2.08. The Morgan fingerprint density at radius 1 is 1.04 bits per heavy atom. The van der Waals surface area contributed by atoms with Crippen LogP contribution in [-0.2, 0) is 6.54 Å². The lowest BCUT2D eigenvalue weighted by molar-refractivity contribution is 0.174. The van der Waals surface area contributed by atoms with Crippen LogP contribution < -0.4 is 25.8 Å². The first kappa shape index (κ1) is 17.0. The highest BCUT2D eigenvalue weighted by molar-refractivity contribution is 5.78. The van der Waals surface area contributed by atoms with Gasteiger partial charge in [0.25, 0.3) is 0 Å². The fourth-order valence-electron chi connectivity index (χ4n) is 2.89. The number of ether oxygens (including phenoxy) is 2. The quantitative estimate of drug-likeness (QED) is 0.635. The molecule has 2 aromatic carbocycles. The largest absolute Gasteiger partial charge is 0.454 e. The second kappa shape index (κ2) is 7.03. The van der Waals surface area contributed by atoms with Crippen LogP contribution in [0.15, 0.2) is 42.7 Å². The number of nitrogens with zero attached hydrogens (tertiary/aromatic N) is 2. The van der Waals surface area contributed by atoms with Gasteiger partial charge in [-0.1, -0.05) is 18.2 Å². The van der Waals surface area contributed by atoms with Gasteiger partial charge >= 0.3 is 0 Å². The minimum absolute atomic E-state index is 0.262. The minimum Gasteiger partial charge on any atom is -0.454 e. The van der Waals surface area contributed by atoms with Crippen LogP contribution in [0.4, 0.5) is 23.0 Å². The van der Waals surface area contributed by atoms with Gasteiger partial charge in [0.1, 0.15) is 12.0 Å². The van der Waals surface area contributed by atoms with Crippen molar-refractivity contribution >= 4 is 23.0 Å². The molecule has 0 unspecified atom stereocenters. The summed E-state index contributed by atoms with van der Waals surface area (Å²) in [5.74, 6) is 2.67. The number of aryl methyl sites for hydroxylation is 1. The summed E-state index contributed by atoms with van der Waals surface area (Å²) in [7, 11) is 0. The zero-order chi connectivity index (χ0) is 18.8. The molecule has 0 radical (unpaired) electrons. The maximum atomic E-state index is 6.28. The van der Waals surface area contributed by atoms with Gasteiger partial charge in [-0.3, -0.25) is 0 Å². The number of rotatable bonds is 5. The Bertz CT molecular complexity index is 990. The van der Waals surface area contributed by atoms with Crippen LogP contribution in [0, 0.1) is 13.8 Å². The third-order valence-electron chi connectivity index (χ3n) is 4.64. The first-order chi connectivity index (χ1) is 13.1. The van der Waals surface area contributed by atoms with Crippen LogP contribution >= 0.6 is 0 Å². The first-order valence-corrected chi connectivity index (χ1v) is 8.68. The van der Waals surface area contributed by atoms with E-state index in [1.807, 2.05) is 30.3 Å². The van der Waals surface area contributed by atoms with E-state index in [1.54, 1.807) is 0 Å². The maximum Gasteiger partial charge on any atom is 0.231 e. The number of nitrogen functional groups attached to an aromatic ring is 1. The molecule has 0 saturated heterocycles. The van der Waals surface area contributed by atoms with E-state index in [0.717, 1.165) is 28.3 Å². The Morgan fingerprint density at radius 3 is 2.74 bits per heavy atom. The number of benzene rings is 2. The molecule has 7 nitrogen and oxygen atoms in total. The summed E-state index contributed by atoms with van der Waals surface area (Å²) in [6.07, 6.45) is 1.49. The van der Waals surface area contributed by atoms with E-state index in [-0.39, 0.29) is 6.79 Å². The highest BCUT2D eigenvalue weighted by atomic mass is 16.7. The monoisotopic (exact) mass is 363 g/mol. The average molecular weight is 363 g/mol. The molecule has 0 amide bonds. The van der Waals surface area contributed by atoms with Crippen molar-refractivity contribution in [1.29, 1.82) is 0 Å². The van der Waals surface area contributed by atoms with E-state index in [0.29, 0.717) is 23.9 Å². The summed E-state index contributed by atoms with van der Waals surface area (Å²) in [6.45, 7) is 4.95. The summed E-state index contributed by atoms with van der Waals surface area (Å²) in [5.41, 5.74) is 11.1. The standard InChI is InChI=1S/C20H21N5O2/c1-12-4-3-5-15(13(12)2)25-20-18(21)19(23-10-24-20)22-9-14-6-7-16-17(8-14)27-11-26-16/h3-8,10H,9,11,21H2,1-2H3,(H2,22,23,24,25). The molecule has 4 N–H and O–H groups in total. The van der Waals surface area contributed by atoms with Crippen LogP contribution in [-0.4, -0.2) is 16.8 Å². The van der Waals surface area contributed by atoms with Crippen molar-refractivity contribution in [2.24, 2.45) is 0 Å². The van der Waals surface area contributed by atoms with Gasteiger partial charge in [0.05, 0.1) is 0 Å². The maximum absolute atomic E-state index is 6.28. The number of hydrogen-bond acceptors (Lipinski definition) is 7. The zero-order valence-electron chi connectivity index (χ0n) is 15.2. The van der Waals surface area contributed by atoms with Gasteiger partial charge in [0.15, 0.2) is 23.1 Å². The SMILES string of the molecule is Cc1cccc(Nc2ncnc(NCc3ccc4c(c3)OCO4)c2N)c1C. The van der Waals surface area contributed by atoms with E-state index in [2.05, 4.69) is 40.5 Å². The number of anilines is 4. The molecule has 0 fully saturated rings. The van der Waals surface area contributed by atoms with Gasteiger partial charge in [0.2, 0.25) is 6.79 Å². The molecule has 1 aliphatic heterocycles. The van der Waals surface area contributed by atoms with Gasteiger partial charge in [0, 0.05) is 12.2 Å². The van der Waals surface area contributed by atoms with Crippen LogP contribution in [0.2, 0.25) is 0 Å². The molecule has 4 rings (SSSR count). The number of nitrogens with two attached hydrogens (primary N) is 1. The molecule has 0 saturated carbocycles. The van der Waals surface area contributed by atoms with Crippen molar-refractivity contribution in [1.82, 2.24) is 9.97 Å². The molecule has 0 spiro atoms. The summed E-state index contributed by atoms with van der Waals surface area (Å²) < 4.78 is 10.7. The average Bonchev–Trinajstić information content (AvgIpc) is 3.14. The first-order valence-electron chi connectivity index (χ1n) is 8.68. The summed E-state index contributed by atoms with van der Waals surface area (Å²) in [5, 5.41) is 6.56. The van der Waals surface area contributed by atoms with E-state index < -0.39 is 0 Å². The Labute approximate surface area is 157 Å². The van der Waals surface area contributed by atoms with Crippen molar-refractivity contribution in [3.8, 4) is 11.5 Å². The predicted molar refractivity (Wildman–Crippen MR) is 106 cm³/mol. The topological polar surface area (TPSA) is 94.3 Å². The van der Waals surface area contributed by atoms with E-state index in [4.69, 9.17) is 15.2 Å². The molecular formula is C20H21N5O2. The van der Waals surface area contributed by atoms with E-state index in [9.17, 15) is 0 Å². The van der Waals surface area contributed by atoms with Crippen molar-refractivity contribution < 1.29 is 9.47 Å². The lowest BCUT2D eigenvalue weighted by Gasteiger charge is -2.14. The van der Waals surface area contributed by atoms with Gasteiger partial charge < -0.3 is 25.8 Å². The van der Waals surface area contributed by atoms with Gasteiger partial charge in [-0.15, -0.1) is 0 Å². The summed E-state index contributed by atoms with van der Waals surface area (Å²) in [4.78, 5) is 8.55. The van der Waals surface area contributed by atoms with Crippen molar-refractivity contribution in [3.63, 3.8) is 0 Å². The molecule has 1 aliphatic rings. The second-order valence-corrected chi connectivity index (χ2v) is 6.40. The molecule has 7 heteroatoms. The van der Waals surface area contributed by atoms with Gasteiger partial charge in [-0.25, -0.2) is 9.97 Å². The highest BCUT2D eigenvalue weighted by Crippen LogP contribution is 2.33. The molecular weight excluding hydrogens is 342 g/mol. The van der Waals surface area contributed by atoms with Crippen LogP contribution in [0.25, 0.3) is 0 Å². The lowest BCUT2D eigenvalue weighted by atomic mass is 10.1. The Kier molecular flexibility index (Phi) is 4.42. The number of hydrogen-bond donors (Lipinski definition) is 3. The third-order valence-corrected chi connectivity index (χ3v) is 4.64. The third kappa shape index (κ3) is 3.44. The van der Waals surface area contributed by atoms with Gasteiger partial charge in [-0.2, -0.15) is 0 Å². The molecule has 1 aromatic heterocycles. The van der Waals surface area contributed by atoms with Crippen molar-refractivity contribution in [2.75, 3.05) is 23.2 Å². The normalized spacial score (nSPS) is 12.1. The molecule has 0 bridgehead atoms. The molecule has 2 heterocycles. The molecule has 3 aromatic rings. The Hall–Kier alpha value is -3.48. The summed E-state index contributed by atoms with van der Waals surface area (Å²) in [6, 6.07) is 11.9. The van der Waals surface area contributed by atoms with E-state index >= 15 is 0 Å². The summed E-state index contributed by atoms with van der Waals surface area (Å²) >= 11 is 0. The zero-order valence-corrected chi connectivity index (χ0v) is 15.2. The molecule has 27 heavy (non-hydrogen) atoms. The smallest absolute Gasteiger partial charge is 0.231 e.